The van der Waals surface area contributed by atoms with Gasteiger partial charge in [0.25, 0.3) is 0 Å². The van der Waals surface area contributed by atoms with Gasteiger partial charge in [-0.15, -0.1) is 11.8 Å². The Hall–Kier alpha value is -1.81. The second-order valence-corrected chi connectivity index (χ2v) is 10.5. The zero-order valence-corrected chi connectivity index (χ0v) is 18.9. The van der Waals surface area contributed by atoms with E-state index in [4.69, 9.17) is 5.11 Å². The molecule has 10 heteroatoms. The second-order valence-electron chi connectivity index (χ2n) is 8.16. The zero-order valence-electron chi connectivity index (χ0n) is 17.3. The molecule has 0 bridgehead atoms. The van der Waals surface area contributed by atoms with Crippen molar-refractivity contribution in [3.63, 3.8) is 0 Å². The highest BCUT2D eigenvalue weighted by Gasteiger charge is 2.34. The minimum atomic E-state index is -0.911. The number of hydrogen-bond acceptors (Lipinski definition) is 6. The molecule has 0 saturated heterocycles. The molecule has 166 valence electrons. The molecular weight excluding hydrogens is 424 g/mol. The van der Waals surface area contributed by atoms with Crippen molar-refractivity contribution in [2.24, 2.45) is 5.92 Å². The molecule has 0 aliphatic heterocycles. The number of aromatic nitrogens is 1. The lowest BCUT2D eigenvalue weighted by Gasteiger charge is -2.42. The summed E-state index contributed by atoms with van der Waals surface area (Å²) in [7, 11) is 0. The third kappa shape index (κ3) is 6.60. The summed E-state index contributed by atoms with van der Waals surface area (Å²) in [5.41, 5.74) is 0. The van der Waals surface area contributed by atoms with Gasteiger partial charge in [0.2, 0.25) is 0 Å². The van der Waals surface area contributed by atoms with Crippen LogP contribution >= 0.6 is 23.1 Å². The lowest BCUT2D eigenvalue weighted by atomic mass is 9.84. The average Bonchev–Trinajstić information content (AvgIpc) is 3.16. The number of aliphatic carboxylic acids is 1. The number of nitrogens with zero attached hydrogens (tertiary/aromatic N) is 2. The van der Waals surface area contributed by atoms with E-state index < -0.39 is 12.0 Å². The normalized spacial score (nSPS) is 22.3. The van der Waals surface area contributed by atoms with E-state index in [1.54, 1.807) is 0 Å². The maximum Gasteiger partial charge on any atom is 0.329 e. The topological polar surface area (TPSA) is 112 Å². The van der Waals surface area contributed by atoms with Gasteiger partial charge < -0.3 is 10.0 Å². The minimum Gasteiger partial charge on any atom is -0.481 e. The number of nitrogens with one attached hydrogen (secondary N) is 2. The Bertz CT molecular complexity index is 743. The van der Waals surface area contributed by atoms with Crippen LogP contribution in [0.25, 0.3) is 0 Å². The van der Waals surface area contributed by atoms with Gasteiger partial charge in [0.05, 0.1) is 16.2 Å². The largest absolute Gasteiger partial charge is 0.481 e. The van der Waals surface area contributed by atoms with Crippen molar-refractivity contribution in [3.05, 3.63) is 6.20 Å². The second kappa shape index (κ2) is 11.0. The molecule has 0 atom stereocenters. The number of anilines is 1. The molecule has 0 unspecified atom stereocenters. The van der Waals surface area contributed by atoms with Crippen LogP contribution in [0, 0.1) is 5.92 Å². The zero-order chi connectivity index (χ0) is 21.5. The van der Waals surface area contributed by atoms with E-state index in [0.717, 1.165) is 63.1 Å². The maximum atomic E-state index is 13.1. The predicted octanol–water partition coefficient (Wildman–Crippen LogP) is 4.77. The molecule has 30 heavy (non-hydrogen) atoms. The lowest BCUT2D eigenvalue weighted by molar-refractivity contribution is -0.133. The number of thiazole rings is 1. The van der Waals surface area contributed by atoms with Crippen LogP contribution in [-0.4, -0.2) is 50.9 Å². The number of rotatable bonds is 6. The van der Waals surface area contributed by atoms with E-state index in [9.17, 15) is 14.4 Å². The number of carbonyl (C=O) groups excluding carboxylic acids is 2. The molecule has 2 fully saturated rings. The van der Waals surface area contributed by atoms with Crippen molar-refractivity contribution in [2.45, 2.75) is 81.0 Å². The van der Waals surface area contributed by atoms with Crippen molar-refractivity contribution in [1.82, 2.24) is 15.2 Å². The summed E-state index contributed by atoms with van der Waals surface area (Å²) in [6.45, 7) is 2.26. The Kier molecular flexibility index (Phi) is 8.38. The van der Waals surface area contributed by atoms with Crippen LogP contribution in [0.4, 0.5) is 14.7 Å². The summed E-state index contributed by atoms with van der Waals surface area (Å²) in [6, 6.07) is -0.537. The van der Waals surface area contributed by atoms with Crippen LogP contribution in [0.3, 0.4) is 0 Å². The Labute approximate surface area is 185 Å². The molecule has 2 saturated carbocycles. The van der Waals surface area contributed by atoms with Crippen molar-refractivity contribution in [1.29, 1.82) is 0 Å². The van der Waals surface area contributed by atoms with Gasteiger partial charge >= 0.3 is 18.0 Å². The molecule has 2 aliphatic rings. The molecule has 3 rings (SSSR count). The first-order chi connectivity index (χ1) is 14.4. The Morgan fingerprint density at radius 2 is 1.80 bits per heavy atom. The maximum absolute atomic E-state index is 13.1. The standard InChI is InChI=1S/C20H30N4O4S2/c1-13-7-9-15(10-8-13)24(14-5-3-2-4-6-14)20(28)23-18(27)22-19-21-11-17(30-19)29-12-16(25)26/h11,13-15H,2-10,12H2,1H3,(H,25,26)(H2,21,22,23,27,28)/t13-,15-. The quantitative estimate of drug-likeness (QED) is 0.534. The molecule has 0 aromatic carbocycles. The summed E-state index contributed by atoms with van der Waals surface area (Å²) in [5.74, 6) is -0.284. The van der Waals surface area contributed by atoms with Crippen molar-refractivity contribution in [2.75, 3.05) is 11.1 Å². The van der Waals surface area contributed by atoms with E-state index in [1.165, 1.54) is 24.0 Å². The van der Waals surface area contributed by atoms with Crippen LogP contribution in [-0.2, 0) is 4.79 Å². The smallest absolute Gasteiger partial charge is 0.329 e. The first kappa shape index (κ1) is 22.9. The number of imide groups is 1. The summed E-state index contributed by atoms with van der Waals surface area (Å²) in [4.78, 5) is 42.2. The fourth-order valence-electron chi connectivity index (χ4n) is 4.32. The molecule has 0 spiro atoms. The number of thioether (sulfide) groups is 1. The van der Waals surface area contributed by atoms with Gasteiger partial charge in [-0.2, -0.15) is 0 Å². The van der Waals surface area contributed by atoms with Crippen LogP contribution in [0.2, 0.25) is 0 Å². The number of hydrogen-bond donors (Lipinski definition) is 3. The van der Waals surface area contributed by atoms with Crippen LogP contribution in [0.15, 0.2) is 10.4 Å². The number of carbonyl (C=O) groups is 3. The summed E-state index contributed by atoms with van der Waals surface area (Å²) in [6.07, 6.45) is 11.2. The Balaban J connectivity index is 1.58. The van der Waals surface area contributed by atoms with Gasteiger partial charge in [-0.25, -0.2) is 14.6 Å². The third-order valence-corrected chi connectivity index (χ3v) is 7.94. The first-order valence-electron chi connectivity index (χ1n) is 10.6. The molecule has 3 N–H and O–H groups in total. The molecule has 1 aromatic heterocycles. The number of carboxylic acids is 1. The lowest BCUT2D eigenvalue weighted by Crippen LogP contribution is -2.54. The van der Waals surface area contributed by atoms with Gasteiger partial charge in [0, 0.05) is 12.1 Å². The van der Waals surface area contributed by atoms with Gasteiger partial charge in [-0.05, 0) is 44.4 Å². The van der Waals surface area contributed by atoms with Crippen molar-refractivity contribution >= 4 is 46.3 Å². The highest BCUT2D eigenvalue weighted by molar-refractivity contribution is 8.01. The minimum absolute atomic E-state index is 0.0668. The molecule has 0 radical (unpaired) electrons. The summed E-state index contributed by atoms with van der Waals surface area (Å²) >= 11 is 2.33. The Morgan fingerprint density at radius 1 is 1.13 bits per heavy atom. The molecular formula is C20H30N4O4S2. The fraction of sp³-hybridized carbons (Fsp3) is 0.700. The van der Waals surface area contributed by atoms with E-state index in [0.29, 0.717) is 15.3 Å². The molecule has 4 amide bonds. The molecule has 1 aromatic rings. The van der Waals surface area contributed by atoms with E-state index in [2.05, 4.69) is 22.5 Å². The van der Waals surface area contributed by atoms with E-state index >= 15 is 0 Å². The van der Waals surface area contributed by atoms with E-state index in [1.807, 2.05) is 4.90 Å². The third-order valence-electron chi connectivity index (χ3n) is 5.84. The van der Waals surface area contributed by atoms with Gasteiger partial charge in [0.1, 0.15) is 0 Å². The Morgan fingerprint density at radius 3 is 2.47 bits per heavy atom. The molecule has 8 nitrogen and oxygen atoms in total. The first-order valence-corrected chi connectivity index (χ1v) is 12.4. The monoisotopic (exact) mass is 454 g/mol. The van der Waals surface area contributed by atoms with Crippen molar-refractivity contribution < 1.29 is 19.5 Å². The number of carboxylic acid groups (broad SMARTS) is 1. The molecule has 2 aliphatic carbocycles. The molecule has 1 heterocycles. The summed E-state index contributed by atoms with van der Waals surface area (Å²) in [5, 5.41) is 14.2. The highest BCUT2D eigenvalue weighted by Crippen LogP contribution is 2.32. The number of urea groups is 2. The predicted molar refractivity (Wildman–Crippen MR) is 118 cm³/mol. The van der Waals surface area contributed by atoms with Crippen LogP contribution in [0.5, 0.6) is 0 Å². The van der Waals surface area contributed by atoms with Crippen LogP contribution in [0.1, 0.15) is 64.7 Å². The van der Waals surface area contributed by atoms with E-state index in [-0.39, 0.29) is 23.9 Å². The fourth-order valence-corrected chi connectivity index (χ4v) is 5.90. The van der Waals surface area contributed by atoms with Crippen molar-refractivity contribution in [3.8, 4) is 0 Å². The average molecular weight is 455 g/mol. The van der Waals surface area contributed by atoms with Gasteiger partial charge in [-0.3, -0.25) is 15.4 Å². The summed E-state index contributed by atoms with van der Waals surface area (Å²) < 4.78 is 0.694. The van der Waals surface area contributed by atoms with Crippen LogP contribution < -0.4 is 10.6 Å². The van der Waals surface area contributed by atoms with Gasteiger partial charge in [-0.1, -0.05) is 37.5 Å². The highest BCUT2D eigenvalue weighted by atomic mass is 32.2. The number of amides is 4. The SMILES string of the molecule is C[C@H]1CC[C@H](N(C(=O)NC(=O)Nc2ncc(SCC(=O)O)s2)C2CCCCC2)CC1. The van der Waals surface area contributed by atoms with Gasteiger partial charge in [0.15, 0.2) is 5.13 Å².